The van der Waals surface area contributed by atoms with Gasteiger partial charge >= 0.3 is 0 Å². The summed E-state index contributed by atoms with van der Waals surface area (Å²) in [6, 6.07) is 0. The molecule has 0 bridgehead atoms. The number of nitrogens with zero attached hydrogens (tertiary/aromatic N) is 2. The Morgan fingerprint density at radius 2 is 1.00 bits per heavy atom. The van der Waals surface area contributed by atoms with Crippen LogP contribution in [0.3, 0.4) is 0 Å². The Morgan fingerprint density at radius 1 is 0.700 bits per heavy atom. The molecule has 0 fully saturated rings. The first kappa shape index (κ1) is 35.8. The molecule has 0 saturated heterocycles. The quantitative estimate of drug-likeness (QED) is 0.307. The van der Waals surface area contributed by atoms with E-state index in [1.54, 1.807) is 6.92 Å². The van der Waals surface area contributed by atoms with E-state index in [0.29, 0.717) is 17.1 Å². The molecule has 0 spiro atoms. The van der Waals surface area contributed by atoms with Gasteiger partial charge in [-0.2, -0.15) is 0 Å². The summed E-state index contributed by atoms with van der Waals surface area (Å²) in [6.45, 7) is 29.8. The minimum Gasteiger partial charge on any atom is -0.388 e. The Bertz CT molecular complexity index is 498. The summed E-state index contributed by atoms with van der Waals surface area (Å²) in [4.78, 5) is 8.19. The van der Waals surface area contributed by atoms with Crippen LogP contribution in [0.4, 0.5) is 0 Å². The van der Waals surface area contributed by atoms with Gasteiger partial charge in [-0.05, 0) is 52.0 Å². The standard InChI is InChI=1S/C7H16N2.C6H14N2.C5H12N2.C5H13N/c1-6(8)9-5-7(2,3)4;1-5(7)8-6(2,3)4;1-5(2,3)4(6)7;1-5(2,3)4-6/h5H2,1-4H3,(H2,8,9);1-4H3,(H2,7,8);1-3H3,(H3,6,7);4,6H2,1-3H3. The number of rotatable bonds is 1. The van der Waals surface area contributed by atoms with Crippen LogP contribution in [0.25, 0.3) is 0 Å². The van der Waals surface area contributed by atoms with Crippen molar-refractivity contribution >= 4 is 17.5 Å². The molecule has 0 aromatic rings. The zero-order chi connectivity index (χ0) is 25.6. The first-order valence-electron chi connectivity index (χ1n) is 10.5. The molecule has 0 radical (unpaired) electrons. The van der Waals surface area contributed by atoms with E-state index in [-0.39, 0.29) is 22.2 Å². The van der Waals surface area contributed by atoms with Gasteiger partial charge in [0.2, 0.25) is 0 Å². The topological polar surface area (TPSA) is 153 Å². The zero-order valence-corrected chi connectivity index (χ0v) is 22.6. The number of aliphatic imine (C=N–C) groups is 2. The zero-order valence-electron chi connectivity index (χ0n) is 22.6. The predicted molar refractivity (Wildman–Crippen MR) is 139 cm³/mol. The molecule has 0 unspecified atom stereocenters. The molecule has 0 rings (SSSR count). The molecular formula is C23H55N7. The second kappa shape index (κ2) is 15.2. The lowest BCUT2D eigenvalue weighted by molar-refractivity contribution is 0.428. The van der Waals surface area contributed by atoms with Crippen LogP contribution >= 0.6 is 0 Å². The van der Waals surface area contributed by atoms with E-state index >= 15 is 0 Å². The minimum absolute atomic E-state index is 0.0150. The summed E-state index contributed by atoms with van der Waals surface area (Å²) in [5.41, 5.74) is 21.6. The van der Waals surface area contributed by atoms with Crippen molar-refractivity contribution in [1.29, 1.82) is 5.41 Å². The third-order valence-electron chi connectivity index (χ3n) is 2.73. The van der Waals surface area contributed by atoms with Crippen LogP contribution in [-0.4, -0.2) is 36.1 Å². The second-order valence-electron chi connectivity index (χ2n) is 11.9. The smallest absolute Gasteiger partial charge is 0.0960 e. The van der Waals surface area contributed by atoms with Crippen molar-refractivity contribution in [3.63, 3.8) is 0 Å². The number of amidine groups is 3. The summed E-state index contributed by atoms with van der Waals surface area (Å²) in [7, 11) is 0. The maximum Gasteiger partial charge on any atom is 0.0960 e. The highest BCUT2D eigenvalue weighted by atomic mass is 14.9. The lowest BCUT2D eigenvalue weighted by atomic mass is 9.96. The fourth-order valence-corrected chi connectivity index (χ4v) is 0.891. The van der Waals surface area contributed by atoms with Gasteiger partial charge in [0.05, 0.1) is 23.0 Å². The maximum absolute atomic E-state index is 6.92. The number of nitrogens with two attached hydrogens (primary N) is 4. The molecule has 182 valence electrons. The van der Waals surface area contributed by atoms with Crippen molar-refractivity contribution in [2.24, 2.45) is 49.2 Å². The fraction of sp³-hybridized carbons (Fsp3) is 0.870. The lowest BCUT2D eigenvalue weighted by Gasteiger charge is -2.14. The molecule has 7 heteroatoms. The van der Waals surface area contributed by atoms with Crippen molar-refractivity contribution in [3.8, 4) is 0 Å². The van der Waals surface area contributed by atoms with Crippen molar-refractivity contribution in [2.75, 3.05) is 13.1 Å². The van der Waals surface area contributed by atoms with E-state index in [0.717, 1.165) is 13.1 Å². The van der Waals surface area contributed by atoms with E-state index in [9.17, 15) is 0 Å². The van der Waals surface area contributed by atoms with Gasteiger partial charge in [0.15, 0.2) is 0 Å². The predicted octanol–water partition coefficient (Wildman–Crippen LogP) is 4.53. The van der Waals surface area contributed by atoms with E-state index < -0.39 is 0 Å². The number of nitrogens with one attached hydrogen (secondary N) is 1. The van der Waals surface area contributed by atoms with Gasteiger partial charge in [-0.1, -0.05) is 62.3 Å². The molecule has 0 aromatic heterocycles. The molecule has 0 aliphatic rings. The van der Waals surface area contributed by atoms with Crippen LogP contribution in [0.2, 0.25) is 0 Å². The highest BCUT2D eigenvalue weighted by Gasteiger charge is 2.12. The van der Waals surface area contributed by atoms with Gasteiger partial charge in [0, 0.05) is 12.0 Å². The monoisotopic (exact) mass is 429 g/mol. The first-order chi connectivity index (χ1) is 12.8. The number of hydrogen-bond donors (Lipinski definition) is 5. The lowest BCUT2D eigenvalue weighted by Crippen LogP contribution is -2.27. The molecule has 30 heavy (non-hydrogen) atoms. The molecule has 9 N–H and O–H groups in total. The van der Waals surface area contributed by atoms with Gasteiger partial charge in [-0.15, -0.1) is 0 Å². The highest BCUT2D eigenvalue weighted by Crippen LogP contribution is 2.12. The molecule has 0 aliphatic carbocycles. The van der Waals surface area contributed by atoms with Crippen molar-refractivity contribution < 1.29 is 0 Å². The molecular weight excluding hydrogens is 374 g/mol. The SMILES string of the molecule is CC(C)(C)C(=N)N.CC(C)(C)CN.CC(N)=NC(C)(C)C.CC(N)=NCC(C)(C)C. The van der Waals surface area contributed by atoms with E-state index in [2.05, 4.69) is 51.5 Å². The van der Waals surface area contributed by atoms with Crippen LogP contribution in [0.15, 0.2) is 9.98 Å². The summed E-state index contributed by atoms with van der Waals surface area (Å²) >= 11 is 0. The van der Waals surface area contributed by atoms with E-state index in [1.165, 1.54) is 0 Å². The van der Waals surface area contributed by atoms with E-state index in [1.807, 2.05) is 48.5 Å². The van der Waals surface area contributed by atoms with Crippen molar-refractivity contribution in [1.82, 2.24) is 0 Å². The second-order valence-corrected chi connectivity index (χ2v) is 11.9. The minimum atomic E-state index is -0.139. The Labute approximate surface area is 188 Å². The average Bonchev–Trinajstić information content (AvgIpc) is 2.42. The summed E-state index contributed by atoms with van der Waals surface area (Å²) in [6.07, 6.45) is 0. The molecule has 0 saturated carbocycles. The molecule has 0 aliphatic heterocycles. The summed E-state index contributed by atoms with van der Waals surface area (Å²) < 4.78 is 0. The Morgan fingerprint density at radius 3 is 1.03 bits per heavy atom. The molecule has 0 aromatic carbocycles. The fourth-order valence-electron chi connectivity index (χ4n) is 0.891. The first-order valence-corrected chi connectivity index (χ1v) is 10.5. The van der Waals surface area contributed by atoms with Crippen molar-refractivity contribution in [3.05, 3.63) is 0 Å². The Kier molecular flexibility index (Phi) is 18.1. The van der Waals surface area contributed by atoms with Crippen LogP contribution in [0.1, 0.15) is 96.9 Å². The Balaban J connectivity index is -0.000000152. The summed E-state index contributed by atoms with van der Waals surface area (Å²) in [5, 5.41) is 6.92. The van der Waals surface area contributed by atoms with Crippen LogP contribution in [0, 0.1) is 21.7 Å². The maximum atomic E-state index is 6.92. The largest absolute Gasteiger partial charge is 0.388 e. The third-order valence-corrected chi connectivity index (χ3v) is 2.73. The van der Waals surface area contributed by atoms with Gasteiger partial charge < -0.3 is 22.9 Å². The van der Waals surface area contributed by atoms with E-state index in [4.69, 9.17) is 28.3 Å². The van der Waals surface area contributed by atoms with Gasteiger partial charge in [0.25, 0.3) is 0 Å². The highest BCUT2D eigenvalue weighted by molar-refractivity contribution is 5.82. The van der Waals surface area contributed by atoms with Crippen LogP contribution in [-0.2, 0) is 0 Å². The Hall–Kier alpha value is -1.63. The van der Waals surface area contributed by atoms with Gasteiger partial charge in [-0.25, -0.2) is 0 Å². The molecule has 0 heterocycles. The normalized spacial score (nSPS) is 13.0. The molecule has 0 amide bonds. The molecule has 7 nitrogen and oxygen atoms in total. The third kappa shape index (κ3) is 50.3. The van der Waals surface area contributed by atoms with Crippen LogP contribution < -0.4 is 22.9 Å². The molecule has 0 atom stereocenters. The van der Waals surface area contributed by atoms with Gasteiger partial charge in [-0.3, -0.25) is 15.4 Å². The summed E-state index contributed by atoms with van der Waals surface area (Å²) in [5.74, 6) is 1.56. The van der Waals surface area contributed by atoms with Crippen molar-refractivity contribution in [2.45, 2.75) is 102 Å². The average molecular weight is 430 g/mol. The number of hydrogen-bond acceptors (Lipinski definition) is 4. The van der Waals surface area contributed by atoms with Gasteiger partial charge in [0.1, 0.15) is 0 Å². The van der Waals surface area contributed by atoms with Crippen LogP contribution in [0.5, 0.6) is 0 Å².